The number of nitrogens with zero attached hydrogens (tertiary/aromatic N) is 2. The highest BCUT2D eigenvalue weighted by molar-refractivity contribution is 6.16. The number of amides is 2. The van der Waals surface area contributed by atoms with Gasteiger partial charge in [0, 0.05) is 24.6 Å². The summed E-state index contributed by atoms with van der Waals surface area (Å²) in [6.45, 7) is 2.26. The van der Waals surface area contributed by atoms with Gasteiger partial charge in [-0.3, -0.25) is 29.8 Å². The third kappa shape index (κ3) is 2.97. The lowest BCUT2D eigenvalue weighted by atomic mass is 10.0. The Morgan fingerprint density at radius 2 is 1.17 bits per heavy atom. The molecule has 0 aliphatic heterocycles. The highest BCUT2D eigenvalue weighted by Gasteiger charge is 2.36. The quantitative estimate of drug-likeness (QED) is 0.650. The molecule has 0 aliphatic carbocycles. The molecule has 2 rings (SSSR count). The first-order valence-corrected chi connectivity index (χ1v) is 6.66. The highest BCUT2D eigenvalue weighted by Crippen LogP contribution is 2.47. The van der Waals surface area contributed by atoms with Crippen LogP contribution in [0.2, 0.25) is 0 Å². The molecule has 2 aromatic rings. The summed E-state index contributed by atoms with van der Waals surface area (Å²) in [6.07, 6.45) is 0. The van der Waals surface area contributed by atoms with Crippen molar-refractivity contribution in [1.82, 2.24) is 0 Å². The predicted molar refractivity (Wildman–Crippen MR) is 85.9 cm³/mol. The van der Waals surface area contributed by atoms with Crippen LogP contribution < -0.4 is 10.6 Å². The fourth-order valence-electron chi connectivity index (χ4n) is 2.37. The van der Waals surface area contributed by atoms with E-state index in [9.17, 15) is 29.8 Å². The Morgan fingerprint density at radius 1 is 0.833 bits per heavy atom. The molecule has 0 unspecified atom stereocenters. The van der Waals surface area contributed by atoms with Crippen LogP contribution in [0.3, 0.4) is 0 Å². The number of hydrogen-bond donors (Lipinski definition) is 2. The van der Waals surface area contributed by atoms with Gasteiger partial charge >= 0.3 is 11.4 Å². The van der Waals surface area contributed by atoms with Crippen LogP contribution in [0.5, 0.6) is 0 Å². The van der Waals surface area contributed by atoms with Gasteiger partial charge in [-0.15, -0.1) is 0 Å². The average molecular weight is 332 g/mol. The summed E-state index contributed by atoms with van der Waals surface area (Å²) in [5, 5.41) is 27.9. The number of carbonyl (C=O) groups excluding carboxylic acids is 2. The lowest BCUT2D eigenvalue weighted by molar-refractivity contribution is -0.421. The largest absolute Gasteiger partial charge is 0.372 e. The van der Waals surface area contributed by atoms with E-state index in [-0.39, 0.29) is 22.1 Å². The minimum absolute atomic E-state index is 0.203. The van der Waals surface area contributed by atoms with Crippen LogP contribution in [0.4, 0.5) is 22.7 Å². The first kappa shape index (κ1) is 16.8. The van der Waals surface area contributed by atoms with Crippen LogP contribution in [-0.2, 0) is 9.59 Å². The maximum atomic E-state index is 11.4. The van der Waals surface area contributed by atoms with Crippen molar-refractivity contribution in [2.24, 2.45) is 0 Å². The maximum absolute atomic E-state index is 11.4. The standard InChI is InChI=1S/C14H12N4O6/c1-7(19)15-11-9-5-3-4-6-10(9)12(16-8(2)20)14(18(23)24)13(11)17(21)22/h3-6H,1-2H3,(H,15,19)(H,16,20). The van der Waals surface area contributed by atoms with E-state index < -0.39 is 33.0 Å². The van der Waals surface area contributed by atoms with E-state index in [4.69, 9.17) is 0 Å². The summed E-state index contributed by atoms with van der Waals surface area (Å²) in [5.74, 6) is -1.24. The number of benzene rings is 2. The SMILES string of the molecule is CC(=O)Nc1c([N+](=O)[O-])c([N+](=O)[O-])c(NC(C)=O)c2ccccc12. The Labute approximate surface area is 134 Å². The monoisotopic (exact) mass is 332 g/mol. The fourth-order valence-corrected chi connectivity index (χ4v) is 2.37. The zero-order chi connectivity index (χ0) is 18.0. The molecule has 10 nitrogen and oxygen atoms in total. The Balaban J connectivity index is 3.06. The van der Waals surface area contributed by atoms with Crippen molar-refractivity contribution in [1.29, 1.82) is 0 Å². The van der Waals surface area contributed by atoms with Gasteiger partial charge < -0.3 is 10.6 Å². The van der Waals surface area contributed by atoms with E-state index in [2.05, 4.69) is 10.6 Å². The van der Waals surface area contributed by atoms with Gasteiger partial charge in [-0.1, -0.05) is 24.3 Å². The molecule has 0 saturated heterocycles. The molecule has 0 heterocycles. The molecule has 24 heavy (non-hydrogen) atoms. The number of carbonyl (C=O) groups is 2. The van der Waals surface area contributed by atoms with Gasteiger partial charge in [0.1, 0.15) is 11.4 Å². The van der Waals surface area contributed by atoms with Crippen LogP contribution in [0.15, 0.2) is 24.3 Å². The van der Waals surface area contributed by atoms with Crippen LogP contribution >= 0.6 is 0 Å². The molecule has 0 spiro atoms. The summed E-state index contributed by atoms with van der Waals surface area (Å²) < 4.78 is 0. The van der Waals surface area contributed by atoms with E-state index in [1.165, 1.54) is 12.1 Å². The Hall–Kier alpha value is -3.56. The molecule has 0 bridgehead atoms. The van der Waals surface area contributed by atoms with Crippen molar-refractivity contribution in [2.45, 2.75) is 13.8 Å². The number of nitro benzene ring substituents is 2. The normalized spacial score (nSPS) is 10.2. The highest BCUT2D eigenvalue weighted by atomic mass is 16.6. The Kier molecular flexibility index (Phi) is 4.40. The minimum atomic E-state index is -0.957. The second-order valence-corrected chi connectivity index (χ2v) is 4.87. The van der Waals surface area contributed by atoms with E-state index in [1.54, 1.807) is 12.1 Å². The van der Waals surface area contributed by atoms with Gasteiger partial charge in [0.2, 0.25) is 11.8 Å². The van der Waals surface area contributed by atoms with Gasteiger partial charge in [-0.2, -0.15) is 0 Å². The third-order valence-electron chi connectivity index (χ3n) is 3.13. The molecule has 2 N–H and O–H groups in total. The molecule has 0 aliphatic rings. The zero-order valence-electron chi connectivity index (χ0n) is 12.7. The molecular weight excluding hydrogens is 320 g/mol. The van der Waals surface area contributed by atoms with Crippen molar-refractivity contribution in [3.63, 3.8) is 0 Å². The summed E-state index contributed by atoms with van der Waals surface area (Å²) >= 11 is 0. The van der Waals surface area contributed by atoms with Crippen molar-refractivity contribution < 1.29 is 19.4 Å². The second-order valence-electron chi connectivity index (χ2n) is 4.87. The molecule has 124 valence electrons. The molecule has 2 amide bonds. The first-order valence-electron chi connectivity index (χ1n) is 6.66. The van der Waals surface area contributed by atoms with Gasteiger partial charge in [-0.05, 0) is 0 Å². The fraction of sp³-hybridized carbons (Fsp3) is 0.143. The topological polar surface area (TPSA) is 144 Å². The number of nitrogens with one attached hydrogen (secondary N) is 2. The summed E-state index contributed by atoms with van der Waals surface area (Å²) in [4.78, 5) is 43.8. The Morgan fingerprint density at radius 3 is 1.42 bits per heavy atom. The molecule has 0 radical (unpaired) electrons. The van der Waals surface area contributed by atoms with Crippen LogP contribution in [0, 0.1) is 20.2 Å². The Bertz CT molecular complexity index is 820. The number of rotatable bonds is 4. The third-order valence-corrected chi connectivity index (χ3v) is 3.13. The summed E-state index contributed by atoms with van der Waals surface area (Å²) in [5.41, 5.74) is -2.36. The van der Waals surface area contributed by atoms with Crippen molar-refractivity contribution in [2.75, 3.05) is 10.6 Å². The van der Waals surface area contributed by atoms with Crippen molar-refractivity contribution >= 4 is 45.3 Å². The van der Waals surface area contributed by atoms with Crippen LogP contribution in [0.25, 0.3) is 10.8 Å². The van der Waals surface area contributed by atoms with Gasteiger partial charge in [0.05, 0.1) is 9.85 Å². The predicted octanol–water partition coefficient (Wildman–Crippen LogP) is 2.57. The first-order chi connectivity index (χ1) is 11.2. The summed E-state index contributed by atoms with van der Waals surface area (Å²) in [7, 11) is 0. The number of nitro groups is 2. The van der Waals surface area contributed by atoms with Crippen molar-refractivity contribution in [3.05, 3.63) is 44.5 Å². The minimum Gasteiger partial charge on any atom is -0.320 e. The number of hydrogen-bond acceptors (Lipinski definition) is 6. The molecule has 0 aromatic heterocycles. The van der Waals surface area contributed by atoms with Crippen LogP contribution in [-0.4, -0.2) is 21.7 Å². The van der Waals surface area contributed by atoms with E-state index >= 15 is 0 Å². The second kappa shape index (κ2) is 6.28. The number of fused-ring (bicyclic) bond motifs is 1. The van der Waals surface area contributed by atoms with Gasteiger partial charge in [0.15, 0.2) is 0 Å². The van der Waals surface area contributed by atoms with Gasteiger partial charge in [0.25, 0.3) is 0 Å². The van der Waals surface area contributed by atoms with E-state index in [0.717, 1.165) is 13.8 Å². The maximum Gasteiger partial charge on any atom is 0.372 e. The van der Waals surface area contributed by atoms with Crippen molar-refractivity contribution in [3.8, 4) is 0 Å². The van der Waals surface area contributed by atoms with Gasteiger partial charge in [-0.25, -0.2) is 0 Å². The molecule has 0 atom stereocenters. The smallest absolute Gasteiger partial charge is 0.320 e. The zero-order valence-corrected chi connectivity index (χ0v) is 12.7. The van der Waals surface area contributed by atoms with E-state index in [0.29, 0.717) is 0 Å². The summed E-state index contributed by atoms with van der Waals surface area (Å²) in [6, 6.07) is 6.03. The average Bonchev–Trinajstić information content (AvgIpc) is 2.47. The molecular formula is C14H12N4O6. The molecule has 0 saturated carbocycles. The molecule has 2 aromatic carbocycles. The lowest BCUT2D eigenvalue weighted by Gasteiger charge is -2.13. The lowest BCUT2D eigenvalue weighted by Crippen LogP contribution is -2.14. The van der Waals surface area contributed by atoms with E-state index in [1.807, 2.05) is 0 Å². The van der Waals surface area contributed by atoms with Crippen LogP contribution in [0.1, 0.15) is 13.8 Å². The molecule has 0 fully saturated rings. The number of anilines is 2. The molecule has 10 heteroatoms.